The van der Waals surface area contributed by atoms with Gasteiger partial charge in [-0.3, -0.25) is 4.79 Å². The average Bonchev–Trinajstić information content (AvgIpc) is 2.62. The molecule has 0 aliphatic heterocycles. The highest BCUT2D eigenvalue weighted by atomic mass is 16.1. The third-order valence-electron chi connectivity index (χ3n) is 4.75. The Morgan fingerprint density at radius 3 is 2.08 bits per heavy atom. The van der Waals surface area contributed by atoms with Crippen molar-refractivity contribution >= 4 is 21.8 Å². The maximum absolute atomic E-state index is 13.0. The molecule has 0 aliphatic rings. The third-order valence-corrected chi connectivity index (χ3v) is 4.75. The quantitative estimate of drug-likeness (QED) is 0.427. The van der Waals surface area contributed by atoms with Crippen molar-refractivity contribution in [1.82, 2.24) is 4.57 Å². The number of fused-ring (bicyclic) bond motifs is 2. The summed E-state index contributed by atoms with van der Waals surface area (Å²) in [6.07, 6.45) is 0. The molecule has 0 amide bonds. The van der Waals surface area contributed by atoms with E-state index in [-0.39, 0.29) is 10.8 Å². The highest BCUT2D eigenvalue weighted by molar-refractivity contribution is 5.95. The summed E-state index contributed by atoms with van der Waals surface area (Å²) in [5.74, 6) is 0. The molecule has 2 heteroatoms. The number of rotatable bonds is 1. The summed E-state index contributed by atoms with van der Waals surface area (Å²) in [6, 6.07) is 24.3. The van der Waals surface area contributed by atoms with Crippen LogP contribution in [0.15, 0.2) is 77.6 Å². The van der Waals surface area contributed by atoms with Crippen molar-refractivity contribution in [1.29, 1.82) is 0 Å². The summed E-state index contributed by atoms with van der Waals surface area (Å²) >= 11 is 0. The van der Waals surface area contributed by atoms with Crippen molar-refractivity contribution in [2.75, 3.05) is 0 Å². The standard InChI is InChI=1S/C23H21NO/c1-23(2,3)16-13-14-19-21(15-16)24(17-9-5-4-6-10-17)20-12-8-7-11-18(20)22(19)25/h4-15H,1-3H3. The zero-order chi connectivity index (χ0) is 17.6. The minimum Gasteiger partial charge on any atom is -0.309 e. The normalized spacial score (nSPS) is 12.0. The molecule has 4 rings (SSSR count). The predicted molar refractivity (Wildman–Crippen MR) is 106 cm³/mol. The predicted octanol–water partition coefficient (Wildman–Crippen LogP) is 5.44. The molecule has 0 unspecified atom stereocenters. The summed E-state index contributed by atoms with van der Waals surface area (Å²) in [5.41, 5.74) is 4.31. The van der Waals surface area contributed by atoms with Crippen LogP contribution < -0.4 is 5.43 Å². The van der Waals surface area contributed by atoms with Gasteiger partial charge in [-0.05, 0) is 47.4 Å². The van der Waals surface area contributed by atoms with Gasteiger partial charge in [0, 0.05) is 16.5 Å². The summed E-state index contributed by atoms with van der Waals surface area (Å²) < 4.78 is 2.20. The molecule has 0 bridgehead atoms. The van der Waals surface area contributed by atoms with Gasteiger partial charge in [0.25, 0.3) is 0 Å². The van der Waals surface area contributed by atoms with Gasteiger partial charge in [-0.1, -0.05) is 57.2 Å². The SMILES string of the molecule is CC(C)(C)c1ccc2c(=O)c3ccccc3n(-c3ccccc3)c2c1. The molecule has 25 heavy (non-hydrogen) atoms. The van der Waals surface area contributed by atoms with E-state index in [9.17, 15) is 4.79 Å². The Balaban J connectivity index is 2.24. The Morgan fingerprint density at radius 2 is 1.36 bits per heavy atom. The monoisotopic (exact) mass is 327 g/mol. The first-order chi connectivity index (χ1) is 12.0. The van der Waals surface area contributed by atoms with E-state index in [2.05, 4.69) is 49.6 Å². The van der Waals surface area contributed by atoms with Crippen LogP contribution in [0, 0.1) is 0 Å². The molecule has 0 saturated carbocycles. The summed E-state index contributed by atoms with van der Waals surface area (Å²) in [7, 11) is 0. The van der Waals surface area contributed by atoms with Crippen molar-refractivity contribution in [3.8, 4) is 5.69 Å². The molecule has 3 aromatic carbocycles. The van der Waals surface area contributed by atoms with Crippen LogP contribution in [0.25, 0.3) is 27.5 Å². The van der Waals surface area contributed by atoms with Crippen LogP contribution in [0.2, 0.25) is 0 Å². The van der Waals surface area contributed by atoms with Gasteiger partial charge in [0.1, 0.15) is 0 Å². The Kier molecular flexibility index (Phi) is 3.50. The van der Waals surface area contributed by atoms with Gasteiger partial charge in [0.2, 0.25) is 0 Å². The summed E-state index contributed by atoms with van der Waals surface area (Å²) in [6.45, 7) is 6.58. The molecule has 1 heterocycles. The lowest BCUT2D eigenvalue weighted by Crippen LogP contribution is -2.14. The maximum atomic E-state index is 13.0. The number of pyridine rings is 1. The average molecular weight is 327 g/mol. The van der Waals surface area contributed by atoms with Gasteiger partial charge >= 0.3 is 0 Å². The lowest BCUT2D eigenvalue weighted by Gasteiger charge is -2.21. The number of benzene rings is 3. The smallest absolute Gasteiger partial charge is 0.197 e. The zero-order valence-corrected chi connectivity index (χ0v) is 14.8. The van der Waals surface area contributed by atoms with E-state index in [4.69, 9.17) is 0 Å². The van der Waals surface area contributed by atoms with E-state index in [1.807, 2.05) is 48.5 Å². The molecule has 0 spiro atoms. The molecule has 0 saturated heterocycles. The first-order valence-electron chi connectivity index (χ1n) is 8.60. The largest absolute Gasteiger partial charge is 0.309 e. The van der Waals surface area contributed by atoms with E-state index >= 15 is 0 Å². The Hall–Kier alpha value is -2.87. The highest BCUT2D eigenvalue weighted by Gasteiger charge is 2.17. The first-order valence-corrected chi connectivity index (χ1v) is 8.60. The van der Waals surface area contributed by atoms with Crippen LogP contribution in [0.5, 0.6) is 0 Å². The Morgan fingerprint density at radius 1 is 0.720 bits per heavy atom. The van der Waals surface area contributed by atoms with E-state index in [1.165, 1.54) is 5.56 Å². The van der Waals surface area contributed by atoms with Gasteiger partial charge in [0.05, 0.1) is 11.0 Å². The second-order valence-electron chi connectivity index (χ2n) is 7.50. The summed E-state index contributed by atoms with van der Waals surface area (Å²) in [4.78, 5) is 13.0. The van der Waals surface area contributed by atoms with Gasteiger partial charge in [0.15, 0.2) is 5.43 Å². The number of aromatic nitrogens is 1. The molecule has 0 aliphatic carbocycles. The van der Waals surface area contributed by atoms with Crippen molar-refractivity contribution in [3.05, 3.63) is 88.6 Å². The van der Waals surface area contributed by atoms with Crippen LogP contribution in [0.3, 0.4) is 0 Å². The van der Waals surface area contributed by atoms with Gasteiger partial charge < -0.3 is 4.57 Å². The van der Waals surface area contributed by atoms with Crippen molar-refractivity contribution in [2.24, 2.45) is 0 Å². The number of para-hydroxylation sites is 2. The molecule has 2 nitrogen and oxygen atoms in total. The van der Waals surface area contributed by atoms with Crippen molar-refractivity contribution in [3.63, 3.8) is 0 Å². The molecule has 4 aromatic rings. The lowest BCUT2D eigenvalue weighted by atomic mass is 9.86. The fourth-order valence-corrected chi connectivity index (χ4v) is 3.37. The fourth-order valence-electron chi connectivity index (χ4n) is 3.37. The molecular weight excluding hydrogens is 306 g/mol. The fraction of sp³-hybridized carbons (Fsp3) is 0.174. The lowest BCUT2D eigenvalue weighted by molar-refractivity contribution is 0.591. The second kappa shape index (κ2) is 5.59. The molecular formula is C23H21NO. The maximum Gasteiger partial charge on any atom is 0.197 e. The Labute approximate surface area is 147 Å². The molecule has 0 atom stereocenters. The minimum absolute atomic E-state index is 0.0252. The van der Waals surface area contributed by atoms with E-state index in [0.717, 1.165) is 27.5 Å². The van der Waals surface area contributed by atoms with Crippen LogP contribution >= 0.6 is 0 Å². The van der Waals surface area contributed by atoms with Gasteiger partial charge in [-0.15, -0.1) is 0 Å². The van der Waals surface area contributed by atoms with E-state index in [1.54, 1.807) is 0 Å². The molecule has 0 radical (unpaired) electrons. The minimum atomic E-state index is 0.0252. The zero-order valence-electron chi connectivity index (χ0n) is 14.8. The van der Waals surface area contributed by atoms with Crippen molar-refractivity contribution in [2.45, 2.75) is 26.2 Å². The van der Waals surface area contributed by atoms with E-state index < -0.39 is 0 Å². The van der Waals surface area contributed by atoms with Crippen LogP contribution in [0.4, 0.5) is 0 Å². The third kappa shape index (κ3) is 2.54. The first kappa shape index (κ1) is 15.6. The second-order valence-corrected chi connectivity index (χ2v) is 7.50. The number of hydrogen-bond donors (Lipinski definition) is 0. The molecule has 0 N–H and O–H groups in total. The van der Waals surface area contributed by atoms with Gasteiger partial charge in [-0.25, -0.2) is 0 Å². The van der Waals surface area contributed by atoms with Crippen LogP contribution in [-0.4, -0.2) is 4.57 Å². The van der Waals surface area contributed by atoms with Crippen LogP contribution in [0.1, 0.15) is 26.3 Å². The van der Waals surface area contributed by atoms with E-state index in [0.29, 0.717) is 0 Å². The number of nitrogens with zero attached hydrogens (tertiary/aromatic N) is 1. The van der Waals surface area contributed by atoms with Gasteiger partial charge in [-0.2, -0.15) is 0 Å². The molecule has 1 aromatic heterocycles. The van der Waals surface area contributed by atoms with Crippen LogP contribution in [-0.2, 0) is 5.41 Å². The molecule has 124 valence electrons. The number of hydrogen-bond acceptors (Lipinski definition) is 1. The van der Waals surface area contributed by atoms with Crippen molar-refractivity contribution < 1.29 is 0 Å². The molecule has 0 fully saturated rings. The Bertz CT molecular complexity index is 1130. The highest BCUT2D eigenvalue weighted by Crippen LogP contribution is 2.29. The summed E-state index contributed by atoms with van der Waals surface area (Å²) in [5, 5.41) is 1.51. The topological polar surface area (TPSA) is 22.0 Å².